The van der Waals surface area contributed by atoms with Crippen molar-refractivity contribution in [2.45, 2.75) is 31.3 Å². The van der Waals surface area contributed by atoms with Crippen molar-refractivity contribution in [3.8, 4) is 11.1 Å². The first kappa shape index (κ1) is 27.1. The lowest BCUT2D eigenvalue weighted by Gasteiger charge is -2.28. The lowest BCUT2D eigenvalue weighted by atomic mass is 10.0. The standard InChI is InChI=1S/C30H30FN5O4S/c1-18(34-13-24-11-22(16-41-24)28(32)33)26-12-30(39-8-9-40-30)17-36(26)27(37)15-35-14-21-10-20(4-7-25(21)29(35)38)19-2-5-23(31)6-3-19/h2-7,10-11,16,26,34H,1,8-9,12-15,17H2,(H3,32,33). The van der Waals surface area contributed by atoms with Gasteiger partial charge in [-0.1, -0.05) is 24.8 Å². The van der Waals surface area contributed by atoms with Crippen molar-refractivity contribution < 1.29 is 23.5 Å². The average molecular weight is 576 g/mol. The van der Waals surface area contributed by atoms with Crippen LogP contribution < -0.4 is 11.1 Å². The summed E-state index contributed by atoms with van der Waals surface area (Å²) < 4.78 is 25.2. The summed E-state index contributed by atoms with van der Waals surface area (Å²) in [6.07, 6.45) is 0.433. The number of halogens is 1. The van der Waals surface area contributed by atoms with Gasteiger partial charge < -0.3 is 30.3 Å². The van der Waals surface area contributed by atoms with Crippen molar-refractivity contribution >= 4 is 29.0 Å². The van der Waals surface area contributed by atoms with Gasteiger partial charge in [0.1, 0.15) is 18.2 Å². The van der Waals surface area contributed by atoms with Gasteiger partial charge in [-0.3, -0.25) is 15.0 Å². The van der Waals surface area contributed by atoms with Crippen LogP contribution in [0, 0.1) is 11.2 Å². The number of ether oxygens (including phenoxy) is 2. The number of hydrogen-bond acceptors (Lipinski definition) is 7. The number of amidine groups is 1. The van der Waals surface area contributed by atoms with Crippen LogP contribution >= 0.6 is 11.3 Å². The molecule has 0 radical (unpaired) electrons. The van der Waals surface area contributed by atoms with E-state index in [0.717, 1.165) is 21.6 Å². The highest BCUT2D eigenvalue weighted by Crippen LogP contribution is 2.37. The normalized spacial score (nSPS) is 19.1. The molecule has 1 unspecified atom stereocenters. The molecule has 212 valence electrons. The van der Waals surface area contributed by atoms with Crippen LogP contribution in [-0.4, -0.2) is 65.6 Å². The second-order valence-electron chi connectivity index (χ2n) is 10.5. The molecular formula is C30H30FN5O4S. The molecule has 0 saturated carbocycles. The molecule has 2 aromatic carbocycles. The van der Waals surface area contributed by atoms with Crippen LogP contribution in [-0.2, 0) is 27.4 Å². The van der Waals surface area contributed by atoms with Crippen molar-refractivity contribution in [1.82, 2.24) is 15.1 Å². The van der Waals surface area contributed by atoms with Gasteiger partial charge in [0.2, 0.25) is 5.91 Å². The van der Waals surface area contributed by atoms with Gasteiger partial charge in [-0.15, -0.1) is 11.3 Å². The molecule has 4 heterocycles. The van der Waals surface area contributed by atoms with E-state index in [-0.39, 0.29) is 36.6 Å². The zero-order valence-corrected chi connectivity index (χ0v) is 23.1. The Balaban J connectivity index is 1.15. The van der Waals surface area contributed by atoms with Crippen LogP contribution in [0.3, 0.4) is 0 Å². The number of fused-ring (bicyclic) bond motifs is 1. The van der Waals surface area contributed by atoms with Crippen LogP contribution in [0.5, 0.6) is 0 Å². The minimum atomic E-state index is -0.891. The van der Waals surface area contributed by atoms with Gasteiger partial charge in [-0.05, 0) is 47.0 Å². The van der Waals surface area contributed by atoms with E-state index in [1.54, 1.807) is 28.0 Å². The molecule has 0 bridgehead atoms. The molecule has 3 aliphatic heterocycles. The van der Waals surface area contributed by atoms with Gasteiger partial charge in [0, 0.05) is 46.6 Å². The molecule has 11 heteroatoms. The SMILES string of the molecule is C=C(NCc1cc(C(=N)N)cs1)C1CC2(CN1C(=O)CN1Cc3cc(-c4ccc(F)cc4)ccc3C1=O)OCCO2. The Morgan fingerprint density at radius 1 is 1.17 bits per heavy atom. The van der Waals surface area contributed by atoms with Gasteiger partial charge in [-0.2, -0.15) is 0 Å². The molecule has 1 spiro atoms. The molecule has 3 aliphatic rings. The Hall–Kier alpha value is -4.06. The predicted molar refractivity (Wildman–Crippen MR) is 153 cm³/mol. The maximum absolute atomic E-state index is 13.7. The van der Waals surface area contributed by atoms with Gasteiger partial charge in [0.25, 0.3) is 5.91 Å². The number of benzene rings is 2. The number of nitrogens with one attached hydrogen (secondary N) is 2. The summed E-state index contributed by atoms with van der Waals surface area (Å²) in [5, 5.41) is 12.8. The quantitative estimate of drug-likeness (QED) is 0.280. The number of hydrogen-bond donors (Lipinski definition) is 3. The van der Waals surface area contributed by atoms with Crippen LogP contribution in [0.1, 0.15) is 32.8 Å². The Morgan fingerprint density at radius 3 is 2.61 bits per heavy atom. The molecule has 2 amide bonds. The summed E-state index contributed by atoms with van der Waals surface area (Å²) in [7, 11) is 0. The summed E-state index contributed by atoms with van der Waals surface area (Å²) in [4.78, 5) is 31.1. The number of nitrogen functional groups attached to an aromatic ring is 1. The fourth-order valence-electron chi connectivity index (χ4n) is 5.64. The van der Waals surface area contributed by atoms with Gasteiger partial charge in [0.05, 0.1) is 25.8 Å². The monoisotopic (exact) mass is 575 g/mol. The smallest absolute Gasteiger partial charge is 0.254 e. The van der Waals surface area contributed by atoms with E-state index < -0.39 is 11.8 Å². The van der Waals surface area contributed by atoms with Gasteiger partial charge >= 0.3 is 0 Å². The molecule has 41 heavy (non-hydrogen) atoms. The molecular weight excluding hydrogens is 545 g/mol. The third kappa shape index (κ3) is 5.35. The third-order valence-corrected chi connectivity index (χ3v) is 8.71. The lowest BCUT2D eigenvalue weighted by molar-refractivity contribution is -0.152. The fourth-order valence-corrected chi connectivity index (χ4v) is 6.46. The van der Waals surface area contributed by atoms with Crippen molar-refractivity contribution in [3.05, 3.63) is 93.6 Å². The predicted octanol–water partition coefficient (Wildman–Crippen LogP) is 3.44. The number of likely N-dealkylation sites (tertiary alicyclic amines) is 1. The Labute approximate surface area is 240 Å². The number of amides is 2. The number of carbonyl (C=O) groups excluding carboxylic acids is 2. The Morgan fingerprint density at radius 2 is 1.90 bits per heavy atom. The minimum Gasteiger partial charge on any atom is -0.384 e. The highest BCUT2D eigenvalue weighted by atomic mass is 32.1. The average Bonchev–Trinajstić information content (AvgIpc) is 3.76. The van der Waals surface area contributed by atoms with E-state index in [1.807, 2.05) is 23.6 Å². The number of nitrogens with zero attached hydrogens (tertiary/aromatic N) is 2. The molecule has 2 saturated heterocycles. The van der Waals surface area contributed by atoms with E-state index in [9.17, 15) is 14.0 Å². The number of nitrogens with two attached hydrogens (primary N) is 1. The highest BCUT2D eigenvalue weighted by molar-refractivity contribution is 7.10. The van der Waals surface area contributed by atoms with E-state index >= 15 is 0 Å². The first-order valence-electron chi connectivity index (χ1n) is 13.3. The van der Waals surface area contributed by atoms with Crippen molar-refractivity contribution in [2.24, 2.45) is 5.73 Å². The molecule has 3 aromatic rings. The van der Waals surface area contributed by atoms with E-state index in [2.05, 4.69) is 11.9 Å². The molecule has 0 aliphatic carbocycles. The van der Waals surface area contributed by atoms with Crippen molar-refractivity contribution in [2.75, 3.05) is 26.3 Å². The van der Waals surface area contributed by atoms with Crippen LogP contribution in [0.4, 0.5) is 4.39 Å². The zero-order valence-electron chi connectivity index (χ0n) is 22.3. The minimum absolute atomic E-state index is 0.0154. The second kappa shape index (κ2) is 10.7. The summed E-state index contributed by atoms with van der Waals surface area (Å²) in [6, 6.07) is 13.2. The van der Waals surface area contributed by atoms with Crippen LogP contribution in [0.15, 0.2) is 66.2 Å². The zero-order chi connectivity index (χ0) is 28.7. The molecule has 2 fully saturated rings. The molecule has 4 N–H and O–H groups in total. The van der Waals surface area contributed by atoms with Gasteiger partial charge in [-0.25, -0.2) is 4.39 Å². The summed E-state index contributed by atoms with van der Waals surface area (Å²) in [5.74, 6) is -1.60. The second-order valence-corrected chi connectivity index (χ2v) is 11.5. The van der Waals surface area contributed by atoms with E-state index in [1.165, 1.54) is 23.5 Å². The summed E-state index contributed by atoms with van der Waals surface area (Å²) >= 11 is 1.49. The number of thiophene rings is 1. The van der Waals surface area contributed by atoms with Gasteiger partial charge in [0.15, 0.2) is 5.79 Å². The molecule has 6 rings (SSSR count). The third-order valence-electron chi connectivity index (χ3n) is 7.77. The topological polar surface area (TPSA) is 121 Å². The molecule has 9 nitrogen and oxygen atoms in total. The summed E-state index contributed by atoms with van der Waals surface area (Å²) in [5.41, 5.74) is 10.0. The molecule has 1 aromatic heterocycles. The Kier molecular flexibility index (Phi) is 7.10. The maximum atomic E-state index is 13.7. The van der Waals surface area contributed by atoms with E-state index in [0.29, 0.717) is 49.5 Å². The highest BCUT2D eigenvalue weighted by Gasteiger charge is 2.51. The van der Waals surface area contributed by atoms with Crippen LogP contribution in [0.2, 0.25) is 0 Å². The lowest BCUT2D eigenvalue weighted by Crippen LogP contribution is -2.46. The molecule has 1 atom stereocenters. The summed E-state index contributed by atoms with van der Waals surface area (Å²) in [6.45, 7) is 6.06. The first-order valence-corrected chi connectivity index (χ1v) is 14.2. The van der Waals surface area contributed by atoms with E-state index in [4.69, 9.17) is 20.6 Å². The van der Waals surface area contributed by atoms with Crippen molar-refractivity contribution in [1.29, 1.82) is 5.41 Å². The number of carbonyl (C=O) groups is 2. The number of rotatable bonds is 8. The van der Waals surface area contributed by atoms with Crippen molar-refractivity contribution in [3.63, 3.8) is 0 Å². The maximum Gasteiger partial charge on any atom is 0.254 e. The fraction of sp³-hybridized carbons (Fsp3) is 0.300. The van der Waals surface area contributed by atoms with Crippen LogP contribution in [0.25, 0.3) is 11.1 Å². The first-order chi connectivity index (χ1) is 19.7. The largest absolute Gasteiger partial charge is 0.384 e. The Bertz CT molecular complexity index is 1530.